The number of tetrazole rings is 2. The molecule has 0 unspecified atom stereocenters. The second-order valence-electron chi connectivity index (χ2n) is 13.3. The molecule has 0 spiro atoms. The summed E-state index contributed by atoms with van der Waals surface area (Å²) < 4.78 is 119. The molecule has 4 aromatic carbocycles. The third kappa shape index (κ3) is 14.7. The van der Waals surface area contributed by atoms with Crippen molar-refractivity contribution in [1.82, 2.24) is 40.4 Å². The molecule has 0 saturated carbocycles. The third-order valence-corrected chi connectivity index (χ3v) is 8.76. The maximum Gasteiger partial charge on any atom is 0.416 e. The summed E-state index contributed by atoms with van der Waals surface area (Å²) in [6, 6.07) is 18.7. The Morgan fingerprint density at radius 2 is 1.05 bits per heavy atom. The molecule has 0 aliphatic heterocycles. The summed E-state index contributed by atoms with van der Waals surface area (Å²) in [7, 11) is -3.59. The van der Waals surface area contributed by atoms with E-state index in [9.17, 15) is 57.9 Å². The lowest BCUT2D eigenvalue weighted by molar-refractivity contribution is -0.138. The standard InChI is InChI=1S/C19H17F3N4O3S.C17H13F3N4O2.CH5NO2S/c1-26-24-18(23-25-26)16-10-14(17(27)11-30(2,28)29)7-6-13(16)8-12-4-3-5-15(9-12)19(20,21)22;1-24-22-15(21-23-24)14-9-12(16(25)26)6-5-11(14)7-10-3-2-4-13(8-10)17(18,19)20;1-5(2,3)4/h3-7,9-10H,8,11H2,1-2H3;2-6,8-9H,7H2,1H3,(H,25,26);1H3,(H2,2,3,4). The minimum atomic E-state index is -4.47. The summed E-state index contributed by atoms with van der Waals surface area (Å²) in [5, 5.41) is 36.9. The van der Waals surface area contributed by atoms with Gasteiger partial charge in [-0.1, -0.05) is 54.6 Å². The first-order chi connectivity index (χ1) is 28.2. The summed E-state index contributed by atoms with van der Waals surface area (Å²) >= 11 is 0. The number of halogens is 6. The minimum Gasteiger partial charge on any atom is -0.478 e. The molecule has 0 radical (unpaired) electrons. The lowest BCUT2D eigenvalue weighted by atomic mass is 9.95. The number of ketones is 1. The molecule has 2 heterocycles. The molecule has 6 rings (SSSR count). The fourth-order valence-electron chi connectivity index (χ4n) is 5.44. The molecule has 3 N–H and O–H groups in total. The number of sulfone groups is 1. The maximum atomic E-state index is 13.0. The first-order valence-electron chi connectivity index (χ1n) is 17.1. The number of hydrogen-bond acceptors (Lipinski definition) is 12. The molecule has 324 valence electrons. The van der Waals surface area contributed by atoms with E-state index in [2.05, 4.69) is 36.0 Å². The number of rotatable bonds is 10. The van der Waals surface area contributed by atoms with Gasteiger partial charge in [0.05, 0.1) is 37.0 Å². The molecule has 0 aliphatic carbocycles. The number of Topliss-reactive ketones (excluding diaryl/α,β-unsaturated/α-hetero) is 1. The maximum absolute atomic E-state index is 13.0. The van der Waals surface area contributed by atoms with Crippen LogP contribution in [0.2, 0.25) is 0 Å². The van der Waals surface area contributed by atoms with Crippen LogP contribution in [0.4, 0.5) is 26.3 Å². The number of hydrogen-bond donors (Lipinski definition) is 2. The number of carboxylic acids is 1. The van der Waals surface area contributed by atoms with Crippen molar-refractivity contribution in [2.45, 2.75) is 25.2 Å². The second kappa shape index (κ2) is 18.9. The van der Waals surface area contributed by atoms with E-state index in [1.807, 2.05) is 0 Å². The molecule has 2 aromatic heterocycles. The molecule has 0 amide bonds. The smallest absolute Gasteiger partial charge is 0.416 e. The number of alkyl halides is 6. The van der Waals surface area contributed by atoms with Gasteiger partial charge in [-0.05, 0) is 75.9 Å². The number of carbonyl (C=O) groups excluding carboxylic acids is 1. The molecular weight excluding hydrogens is 861 g/mol. The summed E-state index contributed by atoms with van der Waals surface area (Å²) in [4.78, 5) is 26.0. The molecular formula is C37H35F6N9O7S2. The molecule has 0 aliphatic rings. The van der Waals surface area contributed by atoms with Crippen molar-refractivity contribution in [1.29, 1.82) is 0 Å². The zero-order valence-electron chi connectivity index (χ0n) is 32.3. The summed E-state index contributed by atoms with van der Waals surface area (Å²) in [5.74, 6) is -2.01. The van der Waals surface area contributed by atoms with Crippen molar-refractivity contribution in [3.05, 3.63) is 129 Å². The van der Waals surface area contributed by atoms with Crippen LogP contribution in [-0.4, -0.2) is 92.4 Å². The van der Waals surface area contributed by atoms with Gasteiger partial charge in [0, 0.05) is 22.9 Å². The molecule has 0 fully saturated rings. The van der Waals surface area contributed by atoms with E-state index in [0.29, 0.717) is 33.4 Å². The van der Waals surface area contributed by atoms with Crippen molar-refractivity contribution < 1.29 is 57.9 Å². The summed E-state index contributed by atoms with van der Waals surface area (Å²) in [6.07, 6.45) is -6.72. The SMILES string of the molecule is CS(N)(=O)=O.Cn1nnc(-c2cc(C(=O)CS(C)(=O)=O)ccc2Cc2cccc(C(F)(F)F)c2)n1.Cn1nnc(-c2cc(C(=O)O)ccc2Cc2cccc(C(F)(F)F)c2)n1. The van der Waals surface area contributed by atoms with Gasteiger partial charge in [-0.15, -0.1) is 20.4 Å². The fourth-order valence-corrected chi connectivity index (χ4v) is 6.09. The minimum absolute atomic E-state index is 0.0280. The third-order valence-electron chi connectivity index (χ3n) is 7.98. The number of aromatic nitrogens is 8. The van der Waals surface area contributed by atoms with Crippen molar-refractivity contribution in [3.63, 3.8) is 0 Å². The number of aryl methyl sites for hydroxylation is 2. The van der Waals surface area contributed by atoms with Gasteiger partial charge in [-0.25, -0.2) is 26.8 Å². The van der Waals surface area contributed by atoms with Gasteiger partial charge in [0.2, 0.25) is 21.7 Å². The van der Waals surface area contributed by atoms with Gasteiger partial charge < -0.3 is 5.11 Å². The van der Waals surface area contributed by atoms with Gasteiger partial charge in [0.15, 0.2) is 15.6 Å². The lowest BCUT2D eigenvalue weighted by Gasteiger charge is -2.11. The van der Waals surface area contributed by atoms with Crippen LogP contribution in [0.3, 0.4) is 0 Å². The normalized spacial score (nSPS) is 11.9. The molecule has 16 nitrogen and oxygen atoms in total. The van der Waals surface area contributed by atoms with E-state index in [4.69, 9.17) is 0 Å². The highest BCUT2D eigenvalue weighted by molar-refractivity contribution is 7.91. The molecule has 0 bridgehead atoms. The Morgan fingerprint density at radius 3 is 1.39 bits per heavy atom. The van der Waals surface area contributed by atoms with E-state index in [0.717, 1.165) is 36.8 Å². The van der Waals surface area contributed by atoms with Crippen LogP contribution in [0.15, 0.2) is 84.9 Å². The zero-order chi connectivity index (χ0) is 45.5. The summed E-state index contributed by atoms with van der Waals surface area (Å²) in [5.41, 5.74) is 1.47. The van der Waals surface area contributed by atoms with Crippen molar-refractivity contribution >= 4 is 31.6 Å². The highest BCUT2D eigenvalue weighted by atomic mass is 32.2. The van der Waals surface area contributed by atoms with Gasteiger partial charge in [-0.2, -0.15) is 35.9 Å². The molecule has 0 saturated heterocycles. The number of nitrogens with two attached hydrogens (primary N) is 1. The zero-order valence-corrected chi connectivity index (χ0v) is 34.0. The van der Waals surface area contributed by atoms with E-state index in [1.165, 1.54) is 46.0 Å². The van der Waals surface area contributed by atoms with E-state index < -0.39 is 60.8 Å². The quantitative estimate of drug-likeness (QED) is 0.139. The van der Waals surface area contributed by atoms with Crippen molar-refractivity contribution in [2.24, 2.45) is 19.2 Å². The topological polar surface area (TPSA) is 236 Å². The number of aromatic carboxylic acids is 1. The van der Waals surface area contributed by atoms with Gasteiger partial charge in [0.25, 0.3) is 0 Å². The number of nitrogens with zero attached hydrogens (tertiary/aromatic N) is 8. The number of carboxylic acid groups (broad SMARTS) is 1. The van der Waals surface area contributed by atoms with Crippen LogP contribution >= 0.6 is 0 Å². The van der Waals surface area contributed by atoms with Gasteiger partial charge in [-0.3, -0.25) is 4.79 Å². The summed E-state index contributed by atoms with van der Waals surface area (Å²) in [6.45, 7) is 0. The Morgan fingerprint density at radius 1 is 0.656 bits per heavy atom. The predicted molar refractivity (Wildman–Crippen MR) is 207 cm³/mol. The predicted octanol–water partition coefficient (Wildman–Crippen LogP) is 4.80. The van der Waals surface area contributed by atoms with Crippen molar-refractivity contribution in [3.8, 4) is 22.8 Å². The largest absolute Gasteiger partial charge is 0.478 e. The lowest BCUT2D eigenvalue weighted by Crippen LogP contribution is -2.15. The van der Waals surface area contributed by atoms with Crippen molar-refractivity contribution in [2.75, 3.05) is 18.3 Å². The van der Waals surface area contributed by atoms with Crippen LogP contribution in [0.1, 0.15) is 54.1 Å². The monoisotopic (exact) mass is 895 g/mol. The van der Waals surface area contributed by atoms with E-state index in [1.54, 1.807) is 38.4 Å². The highest BCUT2D eigenvalue weighted by Gasteiger charge is 2.31. The number of sulfonamides is 1. The fraction of sp³-hybridized carbons (Fsp3) is 0.243. The Kier molecular flexibility index (Phi) is 14.6. The van der Waals surface area contributed by atoms with Gasteiger partial charge >= 0.3 is 18.3 Å². The molecule has 6 aromatic rings. The second-order valence-corrected chi connectivity index (χ2v) is 17.1. The molecule has 61 heavy (non-hydrogen) atoms. The highest BCUT2D eigenvalue weighted by Crippen LogP contribution is 2.33. The Balaban J connectivity index is 0.000000244. The van der Waals surface area contributed by atoms with E-state index >= 15 is 0 Å². The van der Waals surface area contributed by atoms with E-state index in [-0.39, 0.29) is 35.6 Å². The van der Waals surface area contributed by atoms with Crippen LogP contribution in [0.25, 0.3) is 22.8 Å². The Bertz CT molecular complexity index is 2770. The first kappa shape index (κ1) is 47.3. The molecule has 0 atom stereocenters. The Labute approximate surface area is 344 Å². The Hall–Kier alpha value is -6.40. The average Bonchev–Trinajstić information content (AvgIpc) is 3.78. The number of carbonyl (C=O) groups is 2. The van der Waals surface area contributed by atoms with Crippen LogP contribution in [-0.2, 0) is 59.2 Å². The first-order valence-corrected chi connectivity index (χ1v) is 21.2. The number of primary sulfonamides is 1. The van der Waals surface area contributed by atoms with Crippen LogP contribution < -0.4 is 5.14 Å². The van der Waals surface area contributed by atoms with Crippen LogP contribution in [0.5, 0.6) is 0 Å². The number of benzene rings is 4. The molecule has 24 heteroatoms. The van der Waals surface area contributed by atoms with Gasteiger partial charge in [0.1, 0.15) is 5.75 Å². The van der Waals surface area contributed by atoms with Crippen LogP contribution in [0, 0.1) is 0 Å². The average molecular weight is 896 g/mol.